The highest BCUT2D eigenvalue weighted by Gasteiger charge is 2.05. The molecule has 2 aromatic rings. The second kappa shape index (κ2) is 7.92. The zero-order chi connectivity index (χ0) is 16.7. The fraction of sp³-hybridized carbons (Fsp3) is 0.333. The molecule has 0 fully saturated rings. The van der Waals surface area contributed by atoms with Crippen molar-refractivity contribution in [1.82, 2.24) is 15.2 Å². The lowest BCUT2D eigenvalue weighted by Gasteiger charge is -2.10. The molecule has 0 aliphatic carbocycles. The van der Waals surface area contributed by atoms with Crippen LogP contribution in [0.4, 0.5) is 5.82 Å². The second-order valence-electron chi connectivity index (χ2n) is 4.70. The van der Waals surface area contributed by atoms with Gasteiger partial charge in [0.05, 0.1) is 19.9 Å². The molecule has 0 unspecified atom stereocenters. The minimum Gasteiger partial charge on any atom is -0.493 e. The van der Waals surface area contributed by atoms with Crippen LogP contribution >= 0.6 is 0 Å². The number of benzene rings is 1. The van der Waals surface area contributed by atoms with Crippen molar-refractivity contribution >= 4 is 12.0 Å². The van der Waals surface area contributed by atoms with Gasteiger partial charge in [-0.2, -0.15) is 15.2 Å². The van der Waals surface area contributed by atoms with Crippen LogP contribution in [0.25, 0.3) is 0 Å². The monoisotopic (exact) mass is 317 g/mol. The first-order chi connectivity index (χ1) is 11.1. The van der Waals surface area contributed by atoms with Gasteiger partial charge in [-0.15, -0.1) is 0 Å². The number of nitrogens with one attached hydrogen (secondary N) is 2. The first-order valence-corrected chi connectivity index (χ1v) is 7.17. The molecule has 1 aromatic carbocycles. The molecule has 23 heavy (non-hydrogen) atoms. The summed E-state index contributed by atoms with van der Waals surface area (Å²) in [6.45, 7) is 4.38. The Morgan fingerprint density at radius 3 is 2.96 bits per heavy atom. The van der Waals surface area contributed by atoms with E-state index < -0.39 is 5.69 Å². The van der Waals surface area contributed by atoms with E-state index in [1.807, 2.05) is 25.1 Å². The number of aromatic nitrogens is 3. The number of rotatable bonds is 7. The molecule has 122 valence electrons. The van der Waals surface area contributed by atoms with Gasteiger partial charge in [-0.1, -0.05) is 6.92 Å². The van der Waals surface area contributed by atoms with Crippen LogP contribution in [0.15, 0.2) is 28.1 Å². The van der Waals surface area contributed by atoms with Crippen LogP contribution in [-0.2, 0) is 0 Å². The molecule has 8 nitrogen and oxygen atoms in total. The molecule has 0 saturated carbocycles. The zero-order valence-corrected chi connectivity index (χ0v) is 13.3. The largest absolute Gasteiger partial charge is 0.493 e. The van der Waals surface area contributed by atoms with E-state index in [9.17, 15) is 4.79 Å². The lowest BCUT2D eigenvalue weighted by molar-refractivity contribution is 0.294. The van der Waals surface area contributed by atoms with Gasteiger partial charge in [0.25, 0.3) is 0 Å². The fourth-order valence-electron chi connectivity index (χ4n) is 1.76. The third-order valence-corrected chi connectivity index (χ3v) is 2.91. The van der Waals surface area contributed by atoms with Gasteiger partial charge in [0, 0.05) is 0 Å². The molecule has 0 aliphatic heterocycles. The van der Waals surface area contributed by atoms with Crippen LogP contribution in [0.1, 0.15) is 24.6 Å². The van der Waals surface area contributed by atoms with Gasteiger partial charge in [0.2, 0.25) is 0 Å². The van der Waals surface area contributed by atoms with Gasteiger partial charge in [-0.25, -0.2) is 9.89 Å². The van der Waals surface area contributed by atoms with Crippen molar-refractivity contribution in [3.63, 3.8) is 0 Å². The number of hydrogen-bond acceptors (Lipinski definition) is 7. The number of H-pyrrole nitrogens is 1. The normalized spacial score (nSPS) is 10.7. The van der Waals surface area contributed by atoms with Gasteiger partial charge in [-0.05, 0) is 37.1 Å². The van der Waals surface area contributed by atoms with E-state index in [4.69, 9.17) is 9.47 Å². The fourth-order valence-corrected chi connectivity index (χ4v) is 1.76. The van der Waals surface area contributed by atoms with Crippen LogP contribution in [0.5, 0.6) is 11.5 Å². The zero-order valence-electron chi connectivity index (χ0n) is 13.3. The summed E-state index contributed by atoms with van der Waals surface area (Å²) < 4.78 is 10.9. The Labute approximate surface area is 133 Å². The smallest absolute Gasteiger partial charge is 0.363 e. The first kappa shape index (κ1) is 16.5. The standard InChI is InChI=1S/C15H19N5O3/c1-4-7-23-12-6-5-11(8-13(12)22-3)9-16-19-14-10(2)18-20-15(21)17-14/h5-6,8-9H,4,7H2,1-3H3,(H2,17,19,20,21)/b16-9+. The van der Waals surface area contributed by atoms with Crippen LogP contribution < -0.4 is 20.6 Å². The molecule has 0 aliphatic rings. The topological polar surface area (TPSA) is 101 Å². The highest BCUT2D eigenvalue weighted by atomic mass is 16.5. The van der Waals surface area contributed by atoms with Crippen molar-refractivity contribution in [2.45, 2.75) is 20.3 Å². The number of hydrazone groups is 1. The number of methoxy groups -OCH3 is 1. The average Bonchev–Trinajstić information content (AvgIpc) is 2.56. The SMILES string of the molecule is CCCOc1ccc(/C=N/Nc2nc(=O)[nH]nc2C)cc1OC. The number of aromatic amines is 1. The summed E-state index contributed by atoms with van der Waals surface area (Å²) in [5.41, 5.74) is 3.52. The van der Waals surface area contributed by atoms with Gasteiger partial charge in [0.15, 0.2) is 17.3 Å². The van der Waals surface area contributed by atoms with E-state index >= 15 is 0 Å². The maximum atomic E-state index is 11.1. The van der Waals surface area contributed by atoms with Crippen molar-refractivity contribution in [2.75, 3.05) is 19.1 Å². The summed E-state index contributed by atoms with van der Waals surface area (Å²) in [7, 11) is 1.59. The molecule has 2 N–H and O–H groups in total. The van der Waals surface area contributed by atoms with Crippen molar-refractivity contribution in [1.29, 1.82) is 0 Å². The predicted octanol–water partition coefficient (Wildman–Crippen LogP) is 1.72. The summed E-state index contributed by atoms with van der Waals surface area (Å²) in [5.74, 6) is 1.63. The Kier molecular flexibility index (Phi) is 5.67. The number of anilines is 1. The van der Waals surface area contributed by atoms with E-state index in [1.54, 1.807) is 20.2 Å². The van der Waals surface area contributed by atoms with Crippen LogP contribution in [-0.4, -0.2) is 35.1 Å². The molecule has 8 heteroatoms. The van der Waals surface area contributed by atoms with E-state index in [0.29, 0.717) is 29.6 Å². The van der Waals surface area contributed by atoms with Crippen LogP contribution in [0.3, 0.4) is 0 Å². The molecular formula is C15H19N5O3. The average molecular weight is 317 g/mol. The summed E-state index contributed by atoms with van der Waals surface area (Å²) >= 11 is 0. The molecule has 0 amide bonds. The van der Waals surface area contributed by atoms with Gasteiger partial charge < -0.3 is 9.47 Å². The van der Waals surface area contributed by atoms with E-state index in [2.05, 4.69) is 25.7 Å². The van der Waals surface area contributed by atoms with Gasteiger partial charge >= 0.3 is 5.69 Å². The number of aryl methyl sites for hydroxylation is 1. The Balaban J connectivity index is 2.10. The first-order valence-electron chi connectivity index (χ1n) is 7.17. The van der Waals surface area contributed by atoms with E-state index in [1.165, 1.54) is 0 Å². The maximum Gasteiger partial charge on any atom is 0.363 e. The molecule has 0 radical (unpaired) electrons. The molecule has 1 heterocycles. The highest BCUT2D eigenvalue weighted by Crippen LogP contribution is 2.27. The van der Waals surface area contributed by atoms with Crippen molar-refractivity contribution < 1.29 is 9.47 Å². The highest BCUT2D eigenvalue weighted by molar-refractivity contribution is 5.81. The molecule has 0 saturated heterocycles. The Morgan fingerprint density at radius 1 is 1.39 bits per heavy atom. The molecule has 0 atom stereocenters. The summed E-state index contributed by atoms with van der Waals surface area (Å²) in [6.07, 6.45) is 2.52. The molecule has 1 aromatic heterocycles. The third-order valence-electron chi connectivity index (χ3n) is 2.91. The van der Waals surface area contributed by atoms with Crippen molar-refractivity contribution in [3.8, 4) is 11.5 Å². The van der Waals surface area contributed by atoms with Gasteiger partial charge in [0.1, 0.15) is 5.69 Å². The Hall–Kier alpha value is -2.90. The van der Waals surface area contributed by atoms with Crippen molar-refractivity contribution in [3.05, 3.63) is 39.9 Å². The minimum absolute atomic E-state index is 0.305. The minimum atomic E-state index is -0.535. The summed E-state index contributed by atoms with van der Waals surface area (Å²) in [4.78, 5) is 14.9. The van der Waals surface area contributed by atoms with Crippen LogP contribution in [0.2, 0.25) is 0 Å². The number of ether oxygens (including phenoxy) is 2. The Morgan fingerprint density at radius 2 is 2.22 bits per heavy atom. The summed E-state index contributed by atoms with van der Waals surface area (Å²) in [5, 5.41) is 10.1. The Bertz CT molecular complexity index is 742. The molecule has 0 spiro atoms. The number of nitrogens with zero attached hydrogens (tertiary/aromatic N) is 3. The lowest BCUT2D eigenvalue weighted by atomic mass is 10.2. The molecular weight excluding hydrogens is 298 g/mol. The van der Waals surface area contributed by atoms with E-state index in [-0.39, 0.29) is 0 Å². The van der Waals surface area contributed by atoms with E-state index in [0.717, 1.165) is 12.0 Å². The summed E-state index contributed by atoms with van der Waals surface area (Å²) in [6, 6.07) is 5.50. The molecule has 2 rings (SSSR count). The number of hydrogen-bond donors (Lipinski definition) is 2. The second-order valence-corrected chi connectivity index (χ2v) is 4.70. The predicted molar refractivity (Wildman–Crippen MR) is 87.4 cm³/mol. The molecule has 0 bridgehead atoms. The van der Waals surface area contributed by atoms with Gasteiger partial charge in [-0.3, -0.25) is 5.43 Å². The maximum absolute atomic E-state index is 11.1. The third kappa shape index (κ3) is 4.53. The lowest BCUT2D eigenvalue weighted by Crippen LogP contribution is -2.15. The van der Waals surface area contributed by atoms with Crippen LogP contribution in [0, 0.1) is 6.92 Å². The van der Waals surface area contributed by atoms with Crippen molar-refractivity contribution in [2.24, 2.45) is 5.10 Å². The quantitative estimate of drug-likeness (QED) is 0.595.